The summed E-state index contributed by atoms with van der Waals surface area (Å²) in [7, 11) is 0. The lowest BCUT2D eigenvalue weighted by Crippen LogP contribution is -2.30. The van der Waals surface area contributed by atoms with Crippen LogP contribution < -0.4 is 16.0 Å². The molecule has 0 aliphatic rings. The maximum Gasteiger partial charge on any atom is 0.272 e. The molecule has 0 saturated heterocycles. The maximum absolute atomic E-state index is 13.9. The first-order valence-electron chi connectivity index (χ1n) is 16.6. The number of amides is 3. The third-order valence-corrected chi connectivity index (χ3v) is 10.2. The van der Waals surface area contributed by atoms with E-state index < -0.39 is 17.1 Å². The highest BCUT2D eigenvalue weighted by molar-refractivity contribution is 8.00. The SMILES string of the molecule is O=C(Nc1cccc(SC(C(=O)Nc2nc(-c3ccc(F)cc3)cs2)c2ccccc2)c1)/C(=C\c1cccc2ccccc12)NC(=O)c1ccccc1. The number of halogens is 1. The molecule has 0 fully saturated rings. The highest BCUT2D eigenvalue weighted by Crippen LogP contribution is 2.38. The molecule has 7 aromatic rings. The van der Waals surface area contributed by atoms with Gasteiger partial charge in [-0.15, -0.1) is 23.1 Å². The standard InChI is InChI=1S/C43H31FN4O3S2/c44-33-23-21-29(22-24-33)38-27-52-43(47-38)48-42(51)39(30-12-3-1-4-13-30)53-35-19-10-18-34(26-35)45-41(50)37(46-40(49)31-14-5-2-6-15-31)25-32-17-9-16-28-11-7-8-20-36(28)32/h1-27,39H,(H,45,50)(H,46,49)(H,47,48,51)/b37-25+. The topological polar surface area (TPSA) is 100 Å². The van der Waals surface area contributed by atoms with Crippen molar-refractivity contribution in [3.63, 3.8) is 0 Å². The largest absolute Gasteiger partial charge is 0.321 e. The molecule has 1 heterocycles. The van der Waals surface area contributed by atoms with Crippen LogP contribution in [-0.2, 0) is 9.59 Å². The fourth-order valence-electron chi connectivity index (χ4n) is 5.61. The Morgan fingerprint density at radius 3 is 2.23 bits per heavy atom. The van der Waals surface area contributed by atoms with Crippen molar-refractivity contribution in [3.05, 3.63) is 185 Å². The molecule has 53 heavy (non-hydrogen) atoms. The van der Waals surface area contributed by atoms with E-state index >= 15 is 0 Å². The summed E-state index contributed by atoms with van der Waals surface area (Å²) in [4.78, 5) is 46.3. The number of hydrogen-bond acceptors (Lipinski definition) is 6. The number of carbonyl (C=O) groups excluding carboxylic acids is 3. The van der Waals surface area contributed by atoms with E-state index in [1.54, 1.807) is 60.7 Å². The minimum Gasteiger partial charge on any atom is -0.321 e. The molecule has 260 valence electrons. The summed E-state index contributed by atoms with van der Waals surface area (Å²) in [6, 6.07) is 44.9. The summed E-state index contributed by atoms with van der Waals surface area (Å²) >= 11 is 2.61. The number of thiazole rings is 1. The highest BCUT2D eigenvalue weighted by Gasteiger charge is 2.24. The number of aromatic nitrogens is 1. The van der Waals surface area contributed by atoms with Crippen LogP contribution in [0.25, 0.3) is 28.1 Å². The summed E-state index contributed by atoms with van der Waals surface area (Å²) in [6.07, 6.45) is 1.67. The van der Waals surface area contributed by atoms with Gasteiger partial charge in [-0.25, -0.2) is 9.37 Å². The van der Waals surface area contributed by atoms with E-state index in [0.29, 0.717) is 22.1 Å². The summed E-state index contributed by atoms with van der Waals surface area (Å²) in [6.45, 7) is 0. The van der Waals surface area contributed by atoms with Gasteiger partial charge in [0.15, 0.2) is 5.13 Å². The second-order valence-electron chi connectivity index (χ2n) is 11.9. The molecule has 1 aromatic heterocycles. The van der Waals surface area contributed by atoms with Gasteiger partial charge in [-0.1, -0.05) is 97.1 Å². The predicted octanol–water partition coefficient (Wildman–Crippen LogP) is 9.98. The van der Waals surface area contributed by atoms with E-state index in [4.69, 9.17) is 0 Å². The Labute approximate surface area is 313 Å². The second kappa shape index (κ2) is 16.3. The van der Waals surface area contributed by atoms with Crippen LogP contribution in [0.15, 0.2) is 168 Å². The number of benzene rings is 6. The Hall–Kier alpha value is -6.36. The molecule has 0 spiro atoms. The average molecular weight is 735 g/mol. The van der Waals surface area contributed by atoms with Gasteiger partial charge in [-0.05, 0) is 82.6 Å². The molecule has 0 saturated carbocycles. The molecule has 3 N–H and O–H groups in total. The molecule has 10 heteroatoms. The third kappa shape index (κ3) is 8.75. The van der Waals surface area contributed by atoms with Crippen molar-refractivity contribution >= 4 is 68.5 Å². The lowest BCUT2D eigenvalue weighted by atomic mass is 10.0. The molecule has 6 aromatic carbocycles. The smallest absolute Gasteiger partial charge is 0.272 e. The van der Waals surface area contributed by atoms with Crippen molar-refractivity contribution < 1.29 is 18.8 Å². The normalized spacial score (nSPS) is 11.8. The molecule has 0 aliphatic carbocycles. The first kappa shape index (κ1) is 35.1. The number of nitrogens with one attached hydrogen (secondary N) is 3. The van der Waals surface area contributed by atoms with E-state index in [2.05, 4.69) is 20.9 Å². The Bertz CT molecular complexity index is 2430. The highest BCUT2D eigenvalue weighted by atomic mass is 32.2. The zero-order chi connectivity index (χ0) is 36.6. The lowest BCUT2D eigenvalue weighted by molar-refractivity contribution is -0.116. The van der Waals surface area contributed by atoms with E-state index in [-0.39, 0.29) is 17.4 Å². The van der Waals surface area contributed by atoms with E-state index in [1.807, 2.05) is 90.3 Å². The van der Waals surface area contributed by atoms with Crippen molar-refractivity contribution in [2.24, 2.45) is 0 Å². The van der Waals surface area contributed by atoms with Gasteiger partial charge in [-0.3, -0.25) is 14.4 Å². The molecular formula is C43H31FN4O3S2. The Kier molecular flexibility index (Phi) is 10.8. The Balaban J connectivity index is 1.12. The number of hydrogen-bond donors (Lipinski definition) is 3. The molecule has 0 bridgehead atoms. The molecule has 7 rings (SSSR count). The molecule has 1 atom stereocenters. The van der Waals surface area contributed by atoms with Crippen LogP contribution in [0.5, 0.6) is 0 Å². The van der Waals surface area contributed by atoms with Crippen LogP contribution in [-0.4, -0.2) is 22.7 Å². The van der Waals surface area contributed by atoms with Gasteiger partial charge in [0.05, 0.1) is 5.69 Å². The van der Waals surface area contributed by atoms with Crippen LogP contribution in [0.1, 0.15) is 26.7 Å². The van der Waals surface area contributed by atoms with E-state index in [1.165, 1.54) is 35.2 Å². The molecule has 0 radical (unpaired) electrons. The van der Waals surface area contributed by atoms with Crippen LogP contribution in [0.3, 0.4) is 0 Å². The van der Waals surface area contributed by atoms with Crippen molar-refractivity contribution in [2.75, 3.05) is 10.6 Å². The lowest BCUT2D eigenvalue weighted by Gasteiger charge is -2.17. The minimum atomic E-state index is -0.660. The predicted molar refractivity (Wildman–Crippen MR) is 212 cm³/mol. The van der Waals surface area contributed by atoms with Crippen LogP contribution in [0.4, 0.5) is 15.2 Å². The monoisotopic (exact) mass is 734 g/mol. The van der Waals surface area contributed by atoms with Crippen molar-refractivity contribution in [1.29, 1.82) is 0 Å². The van der Waals surface area contributed by atoms with Gasteiger partial charge in [-0.2, -0.15) is 0 Å². The fourth-order valence-corrected chi connectivity index (χ4v) is 7.42. The molecule has 7 nitrogen and oxygen atoms in total. The number of thioether (sulfide) groups is 1. The number of carbonyl (C=O) groups is 3. The second-order valence-corrected chi connectivity index (χ2v) is 13.9. The average Bonchev–Trinajstić information content (AvgIpc) is 3.66. The van der Waals surface area contributed by atoms with Gasteiger partial charge in [0, 0.05) is 27.1 Å². The Morgan fingerprint density at radius 1 is 0.736 bits per heavy atom. The Morgan fingerprint density at radius 2 is 1.43 bits per heavy atom. The first-order chi connectivity index (χ1) is 25.9. The van der Waals surface area contributed by atoms with E-state index in [9.17, 15) is 18.8 Å². The molecular weight excluding hydrogens is 704 g/mol. The number of rotatable bonds is 11. The molecule has 0 aliphatic heterocycles. The van der Waals surface area contributed by atoms with Gasteiger partial charge in [0.2, 0.25) is 5.91 Å². The van der Waals surface area contributed by atoms with Gasteiger partial charge in [0.25, 0.3) is 11.8 Å². The quantitative estimate of drug-likeness (QED) is 0.0908. The van der Waals surface area contributed by atoms with Crippen LogP contribution in [0, 0.1) is 5.82 Å². The fraction of sp³-hybridized carbons (Fsp3) is 0.0233. The van der Waals surface area contributed by atoms with Gasteiger partial charge < -0.3 is 16.0 Å². The van der Waals surface area contributed by atoms with Crippen molar-refractivity contribution in [2.45, 2.75) is 10.1 Å². The van der Waals surface area contributed by atoms with Crippen LogP contribution >= 0.6 is 23.1 Å². The zero-order valence-electron chi connectivity index (χ0n) is 28.0. The zero-order valence-corrected chi connectivity index (χ0v) is 29.7. The summed E-state index contributed by atoms with van der Waals surface area (Å²) in [5.74, 6) is -1.54. The van der Waals surface area contributed by atoms with E-state index in [0.717, 1.165) is 32.4 Å². The minimum absolute atomic E-state index is 0.0678. The number of fused-ring (bicyclic) bond motifs is 1. The van der Waals surface area contributed by atoms with Crippen LogP contribution in [0.2, 0.25) is 0 Å². The van der Waals surface area contributed by atoms with Crippen molar-refractivity contribution in [3.8, 4) is 11.3 Å². The molecule has 1 unspecified atom stereocenters. The van der Waals surface area contributed by atoms with Gasteiger partial charge in [0.1, 0.15) is 16.8 Å². The van der Waals surface area contributed by atoms with Gasteiger partial charge >= 0.3 is 0 Å². The molecule has 3 amide bonds. The number of nitrogens with zero attached hydrogens (tertiary/aromatic N) is 1. The summed E-state index contributed by atoms with van der Waals surface area (Å²) < 4.78 is 13.4. The summed E-state index contributed by atoms with van der Waals surface area (Å²) in [5.41, 5.74) is 3.89. The first-order valence-corrected chi connectivity index (χ1v) is 18.4. The summed E-state index contributed by atoms with van der Waals surface area (Å²) in [5, 5.41) is 12.2. The third-order valence-electron chi connectivity index (χ3n) is 8.21. The van der Waals surface area contributed by atoms with Crippen molar-refractivity contribution in [1.82, 2.24) is 10.3 Å². The maximum atomic E-state index is 13.9. The number of anilines is 2.